The molecule has 5 nitrogen and oxygen atoms in total. The molecule has 0 fully saturated rings. The van der Waals surface area contributed by atoms with E-state index in [1.165, 1.54) is 11.3 Å². The minimum absolute atomic E-state index is 0.0831. The predicted octanol–water partition coefficient (Wildman–Crippen LogP) is 4.30. The number of halogens is 1. The molecule has 0 saturated heterocycles. The molecular weight excluding hydrogens is 370 g/mol. The highest BCUT2D eigenvalue weighted by molar-refractivity contribution is 7.13. The van der Waals surface area contributed by atoms with Gasteiger partial charge in [0.25, 0.3) is 5.91 Å². The minimum atomic E-state index is -0.486. The van der Waals surface area contributed by atoms with Crippen molar-refractivity contribution in [3.8, 4) is 0 Å². The molecule has 7 heteroatoms. The minimum Gasteiger partial charge on any atom is -0.345 e. The molecule has 0 saturated carbocycles. The van der Waals surface area contributed by atoms with Crippen molar-refractivity contribution >= 4 is 39.9 Å². The van der Waals surface area contributed by atoms with Crippen LogP contribution in [0.25, 0.3) is 0 Å². The van der Waals surface area contributed by atoms with Gasteiger partial charge >= 0.3 is 0 Å². The number of anilines is 1. The highest BCUT2D eigenvalue weighted by Gasteiger charge is 2.20. The highest BCUT2D eigenvalue weighted by atomic mass is 35.5. The quantitative estimate of drug-likeness (QED) is 0.664. The summed E-state index contributed by atoms with van der Waals surface area (Å²) in [6.07, 6.45) is 1.70. The molecule has 0 aliphatic rings. The van der Waals surface area contributed by atoms with Crippen LogP contribution in [-0.2, 0) is 4.79 Å². The van der Waals surface area contributed by atoms with Gasteiger partial charge in [-0.25, -0.2) is 4.98 Å². The highest BCUT2D eigenvalue weighted by Crippen LogP contribution is 2.21. The van der Waals surface area contributed by atoms with Crippen molar-refractivity contribution in [2.24, 2.45) is 0 Å². The summed E-state index contributed by atoms with van der Waals surface area (Å²) >= 11 is 7.44. The number of nitrogens with one attached hydrogen (secondary N) is 2. The second-order valence-electron chi connectivity index (χ2n) is 5.51. The Morgan fingerprint density at radius 2 is 1.81 bits per heavy atom. The van der Waals surface area contributed by atoms with Gasteiger partial charge in [-0.1, -0.05) is 54.1 Å². The molecular formula is C19H16ClN3O2S. The monoisotopic (exact) mass is 385 g/mol. The molecule has 2 N–H and O–H groups in total. The normalized spacial score (nSPS) is 11.6. The van der Waals surface area contributed by atoms with Crippen LogP contribution in [0.4, 0.5) is 5.13 Å². The van der Waals surface area contributed by atoms with Crippen LogP contribution < -0.4 is 10.6 Å². The lowest BCUT2D eigenvalue weighted by Crippen LogP contribution is -2.31. The smallest absolute Gasteiger partial charge is 0.253 e. The summed E-state index contributed by atoms with van der Waals surface area (Å²) < 4.78 is 0. The maximum Gasteiger partial charge on any atom is 0.253 e. The van der Waals surface area contributed by atoms with Crippen LogP contribution >= 0.6 is 22.9 Å². The SMILES string of the molecule is O=C(CC(NC(=O)c1ccccc1Cl)c1ccccc1)Nc1nccs1. The zero-order chi connectivity index (χ0) is 18.4. The van der Waals surface area contributed by atoms with Gasteiger partial charge in [0.1, 0.15) is 0 Å². The first-order chi connectivity index (χ1) is 12.6. The van der Waals surface area contributed by atoms with Crippen molar-refractivity contribution in [2.45, 2.75) is 12.5 Å². The summed E-state index contributed by atoms with van der Waals surface area (Å²) in [5.41, 5.74) is 1.21. The van der Waals surface area contributed by atoms with Gasteiger partial charge in [0, 0.05) is 11.6 Å². The van der Waals surface area contributed by atoms with Crippen LogP contribution in [0.2, 0.25) is 5.02 Å². The molecule has 1 unspecified atom stereocenters. The fraction of sp³-hybridized carbons (Fsp3) is 0.105. The van der Waals surface area contributed by atoms with E-state index in [0.29, 0.717) is 15.7 Å². The first-order valence-corrected chi connectivity index (χ1v) is 9.19. The summed E-state index contributed by atoms with van der Waals surface area (Å²) in [6.45, 7) is 0. The molecule has 132 valence electrons. The molecule has 0 radical (unpaired) electrons. The van der Waals surface area contributed by atoms with Gasteiger partial charge in [0.05, 0.1) is 23.0 Å². The Hall–Kier alpha value is -2.70. The zero-order valence-corrected chi connectivity index (χ0v) is 15.3. The number of amides is 2. The number of rotatable bonds is 6. The summed E-state index contributed by atoms with van der Waals surface area (Å²) in [7, 11) is 0. The Labute approximate surface area is 160 Å². The third-order valence-electron chi connectivity index (χ3n) is 3.69. The number of hydrogen-bond donors (Lipinski definition) is 2. The van der Waals surface area contributed by atoms with Gasteiger partial charge in [0.2, 0.25) is 5.91 Å². The Kier molecular flexibility index (Phi) is 5.99. The Morgan fingerprint density at radius 3 is 2.50 bits per heavy atom. The molecule has 0 spiro atoms. The third-order valence-corrected chi connectivity index (χ3v) is 4.71. The van der Waals surface area contributed by atoms with Gasteiger partial charge in [-0.2, -0.15) is 0 Å². The molecule has 0 bridgehead atoms. The van der Waals surface area contributed by atoms with Crippen molar-refractivity contribution in [2.75, 3.05) is 5.32 Å². The fourth-order valence-corrected chi connectivity index (χ4v) is 3.23. The number of carbonyl (C=O) groups is 2. The van der Waals surface area contributed by atoms with Crippen molar-refractivity contribution in [3.05, 3.63) is 82.3 Å². The van der Waals surface area contributed by atoms with Crippen LogP contribution in [0.1, 0.15) is 28.4 Å². The van der Waals surface area contributed by atoms with Crippen molar-refractivity contribution in [3.63, 3.8) is 0 Å². The molecule has 2 aromatic carbocycles. The standard InChI is InChI=1S/C19H16ClN3O2S/c20-15-9-5-4-8-14(15)18(25)22-16(13-6-2-1-3-7-13)12-17(24)23-19-21-10-11-26-19/h1-11,16H,12H2,(H,22,25)(H,21,23,24). The lowest BCUT2D eigenvalue weighted by atomic mass is 10.0. The van der Waals surface area contributed by atoms with E-state index in [1.807, 2.05) is 30.3 Å². The van der Waals surface area contributed by atoms with E-state index in [0.717, 1.165) is 5.56 Å². The zero-order valence-electron chi connectivity index (χ0n) is 13.7. The Bertz CT molecular complexity index is 885. The average Bonchev–Trinajstić information content (AvgIpc) is 3.15. The number of thiazole rings is 1. The van der Waals surface area contributed by atoms with Gasteiger partial charge in [-0.15, -0.1) is 11.3 Å². The van der Waals surface area contributed by atoms with Crippen LogP contribution in [0.5, 0.6) is 0 Å². The lowest BCUT2D eigenvalue weighted by Gasteiger charge is -2.19. The molecule has 0 aliphatic heterocycles. The van der Waals surface area contributed by atoms with E-state index in [-0.39, 0.29) is 18.2 Å². The Balaban J connectivity index is 1.76. The number of nitrogens with zero attached hydrogens (tertiary/aromatic N) is 1. The average molecular weight is 386 g/mol. The summed E-state index contributed by atoms with van der Waals surface area (Å²) in [6, 6.07) is 15.7. The number of carbonyl (C=O) groups excluding carboxylic acids is 2. The number of hydrogen-bond acceptors (Lipinski definition) is 4. The van der Waals surface area contributed by atoms with Crippen LogP contribution in [0.15, 0.2) is 66.2 Å². The van der Waals surface area contributed by atoms with Gasteiger partial charge in [-0.05, 0) is 17.7 Å². The van der Waals surface area contributed by atoms with E-state index >= 15 is 0 Å². The second kappa shape index (κ2) is 8.60. The van der Waals surface area contributed by atoms with E-state index in [2.05, 4.69) is 15.6 Å². The number of benzene rings is 2. The molecule has 3 aromatic rings. The van der Waals surface area contributed by atoms with Crippen LogP contribution in [-0.4, -0.2) is 16.8 Å². The molecule has 1 atom stereocenters. The van der Waals surface area contributed by atoms with Gasteiger partial charge in [0.15, 0.2) is 5.13 Å². The summed E-state index contributed by atoms with van der Waals surface area (Å²) in [5.74, 6) is -0.556. The van der Waals surface area contributed by atoms with E-state index in [4.69, 9.17) is 11.6 Å². The topological polar surface area (TPSA) is 71.1 Å². The number of aromatic nitrogens is 1. The van der Waals surface area contributed by atoms with Crippen molar-refractivity contribution in [1.29, 1.82) is 0 Å². The predicted molar refractivity (Wildman–Crippen MR) is 103 cm³/mol. The van der Waals surface area contributed by atoms with E-state index < -0.39 is 6.04 Å². The molecule has 1 heterocycles. The fourth-order valence-electron chi connectivity index (χ4n) is 2.46. The molecule has 2 amide bonds. The van der Waals surface area contributed by atoms with Crippen molar-refractivity contribution in [1.82, 2.24) is 10.3 Å². The summed E-state index contributed by atoms with van der Waals surface area (Å²) in [4.78, 5) is 29.0. The van der Waals surface area contributed by atoms with E-state index in [9.17, 15) is 9.59 Å². The molecule has 26 heavy (non-hydrogen) atoms. The summed E-state index contributed by atoms with van der Waals surface area (Å²) in [5, 5.41) is 8.31. The van der Waals surface area contributed by atoms with Gasteiger partial charge in [-0.3, -0.25) is 9.59 Å². The van der Waals surface area contributed by atoms with Crippen LogP contribution in [0, 0.1) is 0 Å². The molecule has 3 rings (SSSR count). The maximum absolute atomic E-state index is 12.6. The Morgan fingerprint density at radius 1 is 1.08 bits per heavy atom. The van der Waals surface area contributed by atoms with Gasteiger partial charge < -0.3 is 10.6 Å². The first kappa shape index (κ1) is 18.1. The molecule has 0 aliphatic carbocycles. The first-order valence-electron chi connectivity index (χ1n) is 7.93. The van der Waals surface area contributed by atoms with E-state index in [1.54, 1.807) is 35.8 Å². The van der Waals surface area contributed by atoms with Crippen LogP contribution in [0.3, 0.4) is 0 Å². The second-order valence-corrected chi connectivity index (χ2v) is 6.81. The maximum atomic E-state index is 12.6. The largest absolute Gasteiger partial charge is 0.345 e. The third kappa shape index (κ3) is 4.68. The van der Waals surface area contributed by atoms with Crippen molar-refractivity contribution < 1.29 is 9.59 Å². The lowest BCUT2D eigenvalue weighted by molar-refractivity contribution is -0.116. The molecule has 1 aromatic heterocycles.